The van der Waals surface area contributed by atoms with Gasteiger partial charge in [0.25, 0.3) is 0 Å². The average molecular weight is 311 g/mol. The van der Waals surface area contributed by atoms with Crippen LogP contribution in [0.1, 0.15) is 24.6 Å². The molecule has 7 heteroatoms. The Labute approximate surface area is 128 Å². The summed E-state index contributed by atoms with van der Waals surface area (Å²) in [7, 11) is 1.75. The van der Waals surface area contributed by atoms with Gasteiger partial charge in [0.1, 0.15) is 11.2 Å². The van der Waals surface area contributed by atoms with Crippen molar-refractivity contribution in [3.63, 3.8) is 0 Å². The lowest BCUT2D eigenvalue weighted by Gasteiger charge is -2.33. The highest BCUT2D eigenvalue weighted by molar-refractivity contribution is 6.31. The summed E-state index contributed by atoms with van der Waals surface area (Å²) in [4.78, 5) is 25.7. The van der Waals surface area contributed by atoms with E-state index in [0.29, 0.717) is 24.7 Å². The van der Waals surface area contributed by atoms with Gasteiger partial charge in [0.05, 0.1) is 5.69 Å². The third-order valence-corrected chi connectivity index (χ3v) is 4.04. The maximum Gasteiger partial charge on any atom is 0.247 e. The first kappa shape index (κ1) is 15.6. The van der Waals surface area contributed by atoms with Crippen LogP contribution < -0.4 is 5.32 Å². The Bertz CT molecular complexity index is 594. The summed E-state index contributed by atoms with van der Waals surface area (Å²) >= 11 is 6.12. The van der Waals surface area contributed by atoms with Crippen LogP contribution >= 0.6 is 11.6 Å². The zero-order valence-electron chi connectivity index (χ0n) is 12.4. The molecular formula is C14H19ClN4O2. The van der Waals surface area contributed by atoms with Crippen molar-refractivity contribution in [1.29, 1.82) is 0 Å². The number of hydrogen-bond donors (Lipinski definition) is 1. The van der Waals surface area contributed by atoms with E-state index in [9.17, 15) is 9.59 Å². The van der Waals surface area contributed by atoms with Gasteiger partial charge in [-0.2, -0.15) is 5.10 Å². The zero-order chi connectivity index (χ0) is 15.6. The molecule has 1 aliphatic heterocycles. The van der Waals surface area contributed by atoms with Crippen LogP contribution in [-0.4, -0.2) is 45.6 Å². The normalized spacial score (nSPS) is 19.1. The van der Waals surface area contributed by atoms with E-state index in [1.54, 1.807) is 22.7 Å². The molecule has 0 aliphatic carbocycles. The second kappa shape index (κ2) is 6.30. The van der Waals surface area contributed by atoms with E-state index in [0.717, 1.165) is 11.3 Å². The van der Waals surface area contributed by atoms with Crippen LogP contribution in [0.25, 0.3) is 6.08 Å². The number of halogens is 1. The number of aromatic nitrogens is 2. The second-order valence-corrected chi connectivity index (χ2v) is 5.35. The van der Waals surface area contributed by atoms with E-state index in [-0.39, 0.29) is 11.8 Å². The number of aryl methyl sites for hydroxylation is 2. The fourth-order valence-corrected chi connectivity index (χ4v) is 2.71. The van der Waals surface area contributed by atoms with Gasteiger partial charge in [0.2, 0.25) is 11.8 Å². The number of amides is 2. The molecule has 0 saturated carbocycles. The van der Waals surface area contributed by atoms with Gasteiger partial charge in [-0.3, -0.25) is 14.3 Å². The average Bonchev–Trinajstić information content (AvgIpc) is 2.69. The minimum absolute atomic E-state index is 0.0962. The maximum absolute atomic E-state index is 12.3. The van der Waals surface area contributed by atoms with Gasteiger partial charge >= 0.3 is 0 Å². The van der Waals surface area contributed by atoms with Crippen molar-refractivity contribution in [3.05, 3.63) is 22.5 Å². The monoisotopic (exact) mass is 310 g/mol. The largest absolute Gasteiger partial charge is 0.353 e. The van der Waals surface area contributed by atoms with Crippen molar-refractivity contribution in [2.45, 2.75) is 26.3 Å². The Hall–Kier alpha value is -1.82. The fourth-order valence-electron chi connectivity index (χ4n) is 2.47. The first-order valence-electron chi connectivity index (χ1n) is 6.91. The Morgan fingerprint density at radius 3 is 2.86 bits per heavy atom. The predicted molar refractivity (Wildman–Crippen MR) is 80.8 cm³/mol. The van der Waals surface area contributed by atoms with Gasteiger partial charge in [-0.05, 0) is 19.4 Å². The van der Waals surface area contributed by atoms with Gasteiger partial charge in [0.15, 0.2) is 0 Å². The first-order valence-corrected chi connectivity index (χ1v) is 7.29. The summed E-state index contributed by atoms with van der Waals surface area (Å²) in [6.45, 7) is 4.73. The summed E-state index contributed by atoms with van der Waals surface area (Å²) < 4.78 is 1.56. The molecule has 1 aromatic rings. The summed E-state index contributed by atoms with van der Waals surface area (Å²) in [5.41, 5.74) is 1.48. The van der Waals surface area contributed by atoms with Crippen LogP contribution in [0.5, 0.6) is 0 Å². The van der Waals surface area contributed by atoms with Crippen LogP contribution in [-0.2, 0) is 16.6 Å². The van der Waals surface area contributed by atoms with Gasteiger partial charge in [0, 0.05) is 31.8 Å². The lowest BCUT2D eigenvalue weighted by Crippen LogP contribution is -2.56. The van der Waals surface area contributed by atoms with Crippen LogP contribution in [0.4, 0.5) is 0 Å². The van der Waals surface area contributed by atoms with Gasteiger partial charge in [-0.25, -0.2) is 0 Å². The minimum Gasteiger partial charge on any atom is -0.353 e. The topological polar surface area (TPSA) is 67.2 Å². The number of carbonyl (C=O) groups excluding carboxylic acids is 2. The summed E-state index contributed by atoms with van der Waals surface area (Å²) in [5, 5.41) is 7.45. The van der Waals surface area contributed by atoms with Crippen molar-refractivity contribution in [2.24, 2.45) is 7.05 Å². The molecule has 2 rings (SSSR count). The first-order chi connectivity index (χ1) is 9.95. The number of hydrogen-bond acceptors (Lipinski definition) is 3. The maximum atomic E-state index is 12.3. The molecule has 1 atom stereocenters. The molecule has 114 valence electrons. The Morgan fingerprint density at radius 2 is 2.29 bits per heavy atom. The number of nitrogens with one attached hydrogen (secondary N) is 1. The third kappa shape index (κ3) is 3.10. The molecule has 1 saturated heterocycles. The van der Waals surface area contributed by atoms with Gasteiger partial charge in [-0.15, -0.1) is 0 Å². The van der Waals surface area contributed by atoms with Crippen molar-refractivity contribution in [3.8, 4) is 0 Å². The fraction of sp³-hybridized carbons (Fsp3) is 0.500. The molecule has 0 aromatic carbocycles. The smallest absolute Gasteiger partial charge is 0.247 e. The van der Waals surface area contributed by atoms with Crippen LogP contribution in [0, 0.1) is 6.92 Å². The lowest BCUT2D eigenvalue weighted by molar-refractivity contribution is -0.140. The highest BCUT2D eigenvalue weighted by Gasteiger charge is 2.30. The predicted octanol–water partition coefficient (Wildman–Crippen LogP) is 1.13. The molecule has 1 aromatic heterocycles. The molecule has 6 nitrogen and oxygen atoms in total. The standard InChI is InChI=1S/C14H19ClN4O2/c1-4-11-14(21)16-7-8-19(11)12(20)6-5-10-9(2)17-18(3)13(10)15/h5-6,11H,4,7-8H2,1-3H3,(H,16,21). The van der Waals surface area contributed by atoms with E-state index in [1.807, 2.05) is 13.8 Å². The third-order valence-electron chi connectivity index (χ3n) is 3.59. The zero-order valence-corrected chi connectivity index (χ0v) is 13.1. The van der Waals surface area contributed by atoms with Crippen molar-refractivity contribution < 1.29 is 9.59 Å². The molecule has 1 aliphatic rings. The van der Waals surface area contributed by atoms with Gasteiger partial charge in [-0.1, -0.05) is 18.5 Å². The SMILES string of the molecule is CCC1C(=O)NCCN1C(=O)C=Cc1c(C)nn(C)c1Cl. The molecule has 1 unspecified atom stereocenters. The highest BCUT2D eigenvalue weighted by atomic mass is 35.5. The van der Waals surface area contributed by atoms with E-state index in [4.69, 9.17) is 11.6 Å². The highest BCUT2D eigenvalue weighted by Crippen LogP contribution is 2.20. The van der Waals surface area contributed by atoms with E-state index < -0.39 is 6.04 Å². The molecule has 1 N–H and O–H groups in total. The van der Waals surface area contributed by atoms with Crippen LogP contribution in [0.3, 0.4) is 0 Å². The molecule has 1 fully saturated rings. The minimum atomic E-state index is -0.402. The second-order valence-electron chi connectivity index (χ2n) is 4.99. The molecule has 2 heterocycles. The Morgan fingerprint density at radius 1 is 1.57 bits per heavy atom. The summed E-state index contributed by atoms with van der Waals surface area (Å²) in [6, 6.07) is -0.402. The Balaban J connectivity index is 2.16. The van der Waals surface area contributed by atoms with E-state index in [2.05, 4.69) is 10.4 Å². The quantitative estimate of drug-likeness (QED) is 0.851. The van der Waals surface area contributed by atoms with Crippen LogP contribution in [0.2, 0.25) is 5.15 Å². The van der Waals surface area contributed by atoms with E-state index in [1.165, 1.54) is 6.08 Å². The van der Waals surface area contributed by atoms with E-state index >= 15 is 0 Å². The lowest BCUT2D eigenvalue weighted by atomic mass is 10.1. The number of rotatable bonds is 3. The number of piperazine rings is 1. The van der Waals surface area contributed by atoms with Crippen molar-refractivity contribution >= 4 is 29.5 Å². The molecule has 0 bridgehead atoms. The molecule has 2 amide bonds. The van der Waals surface area contributed by atoms with Crippen molar-refractivity contribution in [1.82, 2.24) is 20.0 Å². The molecule has 21 heavy (non-hydrogen) atoms. The molecule has 0 radical (unpaired) electrons. The Kier molecular flexibility index (Phi) is 4.67. The summed E-state index contributed by atoms with van der Waals surface area (Å²) in [6.07, 6.45) is 3.71. The molecule has 0 spiro atoms. The number of carbonyl (C=O) groups is 2. The van der Waals surface area contributed by atoms with Crippen LogP contribution in [0.15, 0.2) is 6.08 Å². The van der Waals surface area contributed by atoms with Crippen molar-refractivity contribution in [2.75, 3.05) is 13.1 Å². The number of nitrogens with zero attached hydrogens (tertiary/aromatic N) is 3. The summed E-state index contributed by atoms with van der Waals surface area (Å²) in [5.74, 6) is -0.280. The molecular weight excluding hydrogens is 292 g/mol. The van der Waals surface area contributed by atoms with Gasteiger partial charge < -0.3 is 10.2 Å².